The summed E-state index contributed by atoms with van der Waals surface area (Å²) in [6, 6.07) is 0. The summed E-state index contributed by atoms with van der Waals surface area (Å²) in [6.45, 7) is 0. The average Bonchev–Trinajstić information content (AvgIpc) is 2.11. The fourth-order valence-corrected chi connectivity index (χ4v) is 4.18. The van der Waals surface area contributed by atoms with E-state index in [0.717, 1.165) is 0 Å². The summed E-state index contributed by atoms with van der Waals surface area (Å²) in [4.78, 5) is 3.08. The van der Waals surface area contributed by atoms with Gasteiger partial charge in [-0.1, -0.05) is 0 Å². The van der Waals surface area contributed by atoms with Gasteiger partial charge in [0.1, 0.15) is 0 Å². The van der Waals surface area contributed by atoms with Crippen LogP contribution in [0.3, 0.4) is 0 Å². The van der Waals surface area contributed by atoms with E-state index in [-0.39, 0.29) is 0 Å². The summed E-state index contributed by atoms with van der Waals surface area (Å²) in [5.41, 5.74) is 0. The molecule has 0 unspecified atom stereocenters. The maximum absolute atomic E-state index is 13.0. The van der Waals surface area contributed by atoms with E-state index in [9.17, 15) is 22.0 Å². The van der Waals surface area contributed by atoms with Crippen molar-refractivity contribution in [3.63, 3.8) is 0 Å². The van der Waals surface area contributed by atoms with E-state index in [4.69, 9.17) is 0 Å². The van der Waals surface area contributed by atoms with Gasteiger partial charge < -0.3 is 0 Å². The molecule has 0 saturated heterocycles. The Morgan fingerprint density at radius 3 is 1.21 bits per heavy atom. The first-order chi connectivity index (χ1) is 6.37. The molecular weight excluding hydrogens is 310 g/mol. The standard InChI is InChI=1S/C6F5.2CH3.Sn/c7-2-1-3(8)5(10)6(11)4(2)9;;;/h;2*1H3;. The second-order valence-electron chi connectivity index (χ2n) is 2.94. The normalized spacial score (nSPS) is 11.1. The second-order valence-corrected chi connectivity index (χ2v) is 10.1. The monoisotopic (exact) mass is 317 g/mol. The zero-order valence-corrected chi connectivity index (χ0v) is 10.2. The van der Waals surface area contributed by atoms with Crippen LogP contribution in [0.4, 0.5) is 22.0 Å². The van der Waals surface area contributed by atoms with Gasteiger partial charge in [0, 0.05) is 0 Å². The van der Waals surface area contributed by atoms with E-state index in [1.165, 1.54) is 0 Å². The summed E-state index contributed by atoms with van der Waals surface area (Å²) in [6.07, 6.45) is 0. The molecule has 0 aliphatic rings. The van der Waals surface area contributed by atoms with Crippen molar-refractivity contribution in [1.29, 1.82) is 0 Å². The summed E-state index contributed by atoms with van der Waals surface area (Å²) >= 11 is -2.63. The van der Waals surface area contributed by atoms with Crippen molar-refractivity contribution in [3.8, 4) is 0 Å². The minimum atomic E-state index is -2.63. The van der Waals surface area contributed by atoms with Crippen LogP contribution >= 0.6 is 0 Å². The topological polar surface area (TPSA) is 0 Å². The van der Waals surface area contributed by atoms with Crippen molar-refractivity contribution < 1.29 is 22.0 Å². The van der Waals surface area contributed by atoms with Gasteiger partial charge in [-0.25, -0.2) is 0 Å². The molecule has 6 heteroatoms. The maximum atomic E-state index is 13.0. The minimum absolute atomic E-state index is 0.580. The van der Waals surface area contributed by atoms with Crippen LogP contribution in [0, 0.1) is 29.1 Å². The average molecular weight is 316 g/mol. The van der Waals surface area contributed by atoms with Crippen molar-refractivity contribution in [2.45, 2.75) is 9.88 Å². The number of rotatable bonds is 1. The first-order valence-electron chi connectivity index (χ1n) is 3.69. The number of benzene rings is 1. The Labute approximate surface area is 84.5 Å². The van der Waals surface area contributed by atoms with Gasteiger partial charge in [-0.2, -0.15) is 0 Å². The zero-order chi connectivity index (χ0) is 11.0. The van der Waals surface area contributed by atoms with Crippen molar-refractivity contribution in [2.75, 3.05) is 0 Å². The molecule has 0 saturated carbocycles. The number of hydrogen-bond donors (Lipinski definition) is 0. The van der Waals surface area contributed by atoms with Crippen LogP contribution in [0.2, 0.25) is 9.88 Å². The van der Waals surface area contributed by atoms with E-state index in [1.807, 2.05) is 0 Å². The van der Waals surface area contributed by atoms with E-state index in [1.54, 1.807) is 9.88 Å². The molecule has 1 rings (SSSR count). The Bertz CT molecular complexity index is 345. The van der Waals surface area contributed by atoms with Crippen molar-refractivity contribution >= 4 is 23.3 Å². The number of halogens is 5. The first-order valence-corrected chi connectivity index (χ1v) is 10.8. The molecule has 0 aromatic heterocycles. The van der Waals surface area contributed by atoms with Crippen LogP contribution in [0.5, 0.6) is 0 Å². The van der Waals surface area contributed by atoms with Gasteiger partial charge in [-0.3, -0.25) is 0 Å². The fourth-order valence-electron chi connectivity index (χ4n) is 1.04. The molecule has 0 bridgehead atoms. The molecule has 1 aromatic carbocycles. The van der Waals surface area contributed by atoms with Gasteiger partial charge in [-0.15, -0.1) is 0 Å². The first kappa shape index (κ1) is 11.7. The van der Waals surface area contributed by atoms with E-state index in [0.29, 0.717) is 0 Å². The third-order valence-corrected chi connectivity index (χ3v) is 5.82. The van der Waals surface area contributed by atoms with Crippen LogP contribution in [-0.4, -0.2) is 19.8 Å². The summed E-state index contributed by atoms with van der Waals surface area (Å²) in [5, 5.41) is 0. The van der Waals surface area contributed by atoms with E-state index in [2.05, 4.69) is 0 Å². The molecule has 1 aromatic rings. The van der Waals surface area contributed by atoms with E-state index < -0.39 is 52.4 Å². The third kappa shape index (κ3) is 1.73. The second kappa shape index (κ2) is 4.04. The molecule has 14 heavy (non-hydrogen) atoms. The van der Waals surface area contributed by atoms with Crippen molar-refractivity contribution in [3.05, 3.63) is 29.1 Å². The molecule has 0 aliphatic heterocycles. The van der Waals surface area contributed by atoms with Gasteiger partial charge >= 0.3 is 84.3 Å². The van der Waals surface area contributed by atoms with Gasteiger partial charge in [0.05, 0.1) is 0 Å². The van der Waals surface area contributed by atoms with Gasteiger partial charge in [-0.05, 0) is 0 Å². The quantitative estimate of drug-likeness (QED) is 0.323. The Morgan fingerprint density at radius 1 is 0.643 bits per heavy atom. The summed E-state index contributed by atoms with van der Waals surface area (Å²) < 4.78 is 63.2. The Balaban J connectivity index is 3.60. The van der Waals surface area contributed by atoms with Crippen LogP contribution in [0.1, 0.15) is 0 Å². The van der Waals surface area contributed by atoms with Crippen LogP contribution in [0.15, 0.2) is 0 Å². The molecule has 77 valence electrons. The predicted molar refractivity (Wildman–Crippen MR) is 43.3 cm³/mol. The third-order valence-electron chi connectivity index (χ3n) is 1.71. The summed E-state index contributed by atoms with van der Waals surface area (Å²) in [7, 11) is 0. The molecule has 0 heterocycles. The molecular formula is C8H6F5Sn. The zero-order valence-electron chi connectivity index (χ0n) is 7.39. The molecule has 0 nitrogen and oxygen atoms in total. The Morgan fingerprint density at radius 2 is 0.929 bits per heavy atom. The van der Waals surface area contributed by atoms with Crippen LogP contribution in [-0.2, 0) is 0 Å². The predicted octanol–water partition coefficient (Wildman–Crippen LogP) is 2.34. The number of hydrogen-bond acceptors (Lipinski definition) is 0. The molecule has 0 atom stereocenters. The Kier molecular flexibility index (Phi) is 3.39. The molecule has 0 aliphatic carbocycles. The van der Waals surface area contributed by atoms with Gasteiger partial charge in [0.25, 0.3) is 0 Å². The van der Waals surface area contributed by atoms with Gasteiger partial charge in [0.15, 0.2) is 0 Å². The Hall–Kier alpha value is -0.331. The molecule has 0 N–H and O–H groups in total. The molecule has 1 radical (unpaired) electrons. The van der Waals surface area contributed by atoms with Crippen LogP contribution in [0.25, 0.3) is 0 Å². The SMILES string of the molecule is [CH3][Sn]([CH3])[c]1c(F)c(F)c(F)c(F)c1F. The molecule has 0 spiro atoms. The summed E-state index contributed by atoms with van der Waals surface area (Å²) in [5.74, 6) is -9.11. The van der Waals surface area contributed by atoms with Crippen molar-refractivity contribution in [2.24, 2.45) is 0 Å². The molecule has 0 amide bonds. The fraction of sp³-hybridized carbons (Fsp3) is 0.250. The van der Waals surface area contributed by atoms with Crippen LogP contribution < -0.4 is 3.58 Å². The molecule has 0 fully saturated rings. The van der Waals surface area contributed by atoms with E-state index >= 15 is 0 Å². The van der Waals surface area contributed by atoms with Gasteiger partial charge in [0.2, 0.25) is 0 Å². The van der Waals surface area contributed by atoms with Crippen molar-refractivity contribution in [1.82, 2.24) is 0 Å².